The van der Waals surface area contributed by atoms with Crippen molar-refractivity contribution in [2.24, 2.45) is 5.73 Å². The summed E-state index contributed by atoms with van der Waals surface area (Å²) in [6.07, 6.45) is 0. The predicted molar refractivity (Wildman–Crippen MR) is 76.2 cm³/mol. The molecule has 0 aliphatic rings. The minimum atomic E-state index is 0.538. The van der Waals surface area contributed by atoms with Crippen molar-refractivity contribution in [2.75, 3.05) is 7.11 Å². The quantitative estimate of drug-likeness (QED) is 0.924. The van der Waals surface area contributed by atoms with Gasteiger partial charge in [-0.25, -0.2) is 4.98 Å². The second kappa shape index (κ2) is 5.08. The van der Waals surface area contributed by atoms with E-state index in [0.29, 0.717) is 6.54 Å². The van der Waals surface area contributed by atoms with Crippen molar-refractivity contribution in [3.63, 3.8) is 0 Å². The molecule has 0 spiro atoms. The molecule has 0 amide bonds. The van der Waals surface area contributed by atoms with Gasteiger partial charge in [0.2, 0.25) is 0 Å². The van der Waals surface area contributed by atoms with Crippen LogP contribution < -0.4 is 10.5 Å². The summed E-state index contributed by atoms with van der Waals surface area (Å²) in [6, 6.07) is 4.19. The molecule has 2 rings (SSSR count). The van der Waals surface area contributed by atoms with Crippen molar-refractivity contribution in [3.05, 3.63) is 33.8 Å². The van der Waals surface area contributed by atoms with Crippen LogP contribution in [-0.4, -0.2) is 12.1 Å². The lowest BCUT2D eigenvalue weighted by Gasteiger charge is -2.09. The molecule has 96 valence electrons. The van der Waals surface area contributed by atoms with E-state index in [1.165, 1.54) is 11.1 Å². The summed E-state index contributed by atoms with van der Waals surface area (Å²) in [7, 11) is 1.69. The number of nitrogens with zero attached hydrogens (tertiary/aromatic N) is 1. The number of benzene rings is 1. The number of hydrogen-bond acceptors (Lipinski definition) is 4. The Morgan fingerprint density at radius 1 is 1.22 bits per heavy atom. The predicted octanol–water partition coefficient (Wildman–Crippen LogP) is 3.20. The van der Waals surface area contributed by atoms with E-state index in [1.54, 1.807) is 18.4 Å². The molecule has 0 atom stereocenters. The zero-order valence-electron chi connectivity index (χ0n) is 11.2. The van der Waals surface area contributed by atoms with Crippen molar-refractivity contribution in [3.8, 4) is 16.3 Å². The van der Waals surface area contributed by atoms with Crippen LogP contribution in [0, 0.1) is 20.8 Å². The van der Waals surface area contributed by atoms with Crippen LogP contribution in [0.5, 0.6) is 5.75 Å². The van der Waals surface area contributed by atoms with Gasteiger partial charge in [0.05, 0.1) is 18.4 Å². The third-order valence-electron chi connectivity index (χ3n) is 3.12. The highest BCUT2D eigenvalue weighted by molar-refractivity contribution is 7.15. The molecule has 2 N–H and O–H groups in total. The summed E-state index contributed by atoms with van der Waals surface area (Å²) in [6.45, 7) is 6.72. The van der Waals surface area contributed by atoms with Crippen LogP contribution in [0.15, 0.2) is 12.1 Å². The number of ether oxygens (including phenoxy) is 1. The van der Waals surface area contributed by atoms with Crippen LogP contribution in [0.2, 0.25) is 0 Å². The Morgan fingerprint density at radius 2 is 1.89 bits per heavy atom. The van der Waals surface area contributed by atoms with Gasteiger partial charge in [-0.05, 0) is 44.0 Å². The molecular formula is C14H18N2OS. The van der Waals surface area contributed by atoms with E-state index < -0.39 is 0 Å². The maximum atomic E-state index is 5.71. The first kappa shape index (κ1) is 13.1. The summed E-state index contributed by atoms with van der Waals surface area (Å²) in [4.78, 5) is 5.72. The SMILES string of the molecule is COc1cc(C)c(C)cc1-c1nc(C)c(CN)s1. The summed E-state index contributed by atoms with van der Waals surface area (Å²) in [5.41, 5.74) is 10.2. The van der Waals surface area contributed by atoms with Crippen molar-refractivity contribution < 1.29 is 4.74 Å². The molecule has 0 unspecified atom stereocenters. The number of aromatic nitrogens is 1. The van der Waals surface area contributed by atoms with E-state index in [2.05, 4.69) is 31.0 Å². The fourth-order valence-electron chi connectivity index (χ4n) is 1.86. The molecule has 1 aromatic carbocycles. The summed E-state index contributed by atoms with van der Waals surface area (Å²) in [5, 5.41) is 0.980. The second-order valence-electron chi connectivity index (χ2n) is 4.37. The number of nitrogens with two attached hydrogens (primary N) is 1. The van der Waals surface area contributed by atoms with Gasteiger partial charge in [-0.3, -0.25) is 0 Å². The van der Waals surface area contributed by atoms with Crippen molar-refractivity contribution in [2.45, 2.75) is 27.3 Å². The van der Waals surface area contributed by atoms with Gasteiger partial charge in [0.15, 0.2) is 0 Å². The first-order valence-electron chi connectivity index (χ1n) is 5.88. The monoisotopic (exact) mass is 262 g/mol. The molecule has 1 aromatic heterocycles. The van der Waals surface area contributed by atoms with E-state index in [-0.39, 0.29) is 0 Å². The Bertz CT molecular complexity index is 575. The Labute approximate surface area is 112 Å². The lowest BCUT2D eigenvalue weighted by atomic mass is 10.1. The average Bonchev–Trinajstić information content (AvgIpc) is 2.73. The normalized spacial score (nSPS) is 10.7. The highest BCUT2D eigenvalue weighted by atomic mass is 32.1. The lowest BCUT2D eigenvalue weighted by Crippen LogP contribution is -1.94. The molecule has 18 heavy (non-hydrogen) atoms. The number of aryl methyl sites for hydroxylation is 3. The number of thiazole rings is 1. The molecule has 0 bridgehead atoms. The molecule has 0 fully saturated rings. The number of methoxy groups -OCH3 is 1. The zero-order valence-corrected chi connectivity index (χ0v) is 12.0. The molecule has 0 aliphatic carbocycles. The van der Waals surface area contributed by atoms with E-state index in [4.69, 9.17) is 10.5 Å². The third-order valence-corrected chi connectivity index (χ3v) is 4.34. The number of rotatable bonds is 3. The molecule has 1 heterocycles. The summed E-state index contributed by atoms with van der Waals surface area (Å²) in [5.74, 6) is 0.871. The lowest BCUT2D eigenvalue weighted by molar-refractivity contribution is 0.416. The zero-order chi connectivity index (χ0) is 13.3. The fourth-order valence-corrected chi connectivity index (χ4v) is 2.82. The average molecular weight is 262 g/mol. The number of hydrogen-bond donors (Lipinski definition) is 1. The maximum Gasteiger partial charge on any atom is 0.129 e. The molecule has 0 saturated carbocycles. The summed E-state index contributed by atoms with van der Waals surface area (Å²) >= 11 is 1.64. The smallest absolute Gasteiger partial charge is 0.129 e. The fraction of sp³-hybridized carbons (Fsp3) is 0.357. The first-order valence-corrected chi connectivity index (χ1v) is 6.70. The molecule has 3 nitrogen and oxygen atoms in total. The highest BCUT2D eigenvalue weighted by Gasteiger charge is 2.14. The summed E-state index contributed by atoms with van der Waals surface area (Å²) < 4.78 is 5.45. The van der Waals surface area contributed by atoms with Crippen LogP contribution in [-0.2, 0) is 6.54 Å². The van der Waals surface area contributed by atoms with Crippen LogP contribution in [0.1, 0.15) is 21.7 Å². The van der Waals surface area contributed by atoms with Crippen LogP contribution in [0.3, 0.4) is 0 Å². The van der Waals surface area contributed by atoms with E-state index >= 15 is 0 Å². The minimum Gasteiger partial charge on any atom is -0.496 e. The van der Waals surface area contributed by atoms with Crippen molar-refractivity contribution >= 4 is 11.3 Å². The highest BCUT2D eigenvalue weighted by Crippen LogP contribution is 2.36. The standard InChI is InChI=1S/C14H18N2OS/c1-8-5-11(12(17-4)6-9(8)2)14-16-10(3)13(7-15)18-14/h5-6H,7,15H2,1-4H3. The second-order valence-corrected chi connectivity index (χ2v) is 5.45. The van der Waals surface area contributed by atoms with Gasteiger partial charge in [0.25, 0.3) is 0 Å². The van der Waals surface area contributed by atoms with Crippen LogP contribution in [0.4, 0.5) is 0 Å². The van der Waals surface area contributed by atoms with Crippen molar-refractivity contribution in [1.29, 1.82) is 0 Å². The van der Waals surface area contributed by atoms with E-state index in [1.807, 2.05) is 6.92 Å². The molecule has 2 aromatic rings. The van der Waals surface area contributed by atoms with Crippen LogP contribution in [0.25, 0.3) is 10.6 Å². The molecular weight excluding hydrogens is 244 g/mol. The van der Waals surface area contributed by atoms with Gasteiger partial charge in [-0.15, -0.1) is 11.3 Å². The van der Waals surface area contributed by atoms with Gasteiger partial charge in [0, 0.05) is 11.4 Å². The Kier molecular flexibility index (Phi) is 3.68. The minimum absolute atomic E-state index is 0.538. The van der Waals surface area contributed by atoms with Gasteiger partial charge in [-0.2, -0.15) is 0 Å². The molecule has 0 aliphatic heterocycles. The Morgan fingerprint density at radius 3 is 2.44 bits per heavy atom. The van der Waals surface area contributed by atoms with E-state index in [0.717, 1.165) is 26.9 Å². The third kappa shape index (κ3) is 2.26. The van der Waals surface area contributed by atoms with Gasteiger partial charge < -0.3 is 10.5 Å². The first-order chi connectivity index (χ1) is 8.56. The molecule has 4 heteroatoms. The Balaban J connectivity index is 2.58. The topological polar surface area (TPSA) is 48.1 Å². The van der Waals surface area contributed by atoms with Gasteiger partial charge in [0.1, 0.15) is 10.8 Å². The maximum absolute atomic E-state index is 5.71. The largest absolute Gasteiger partial charge is 0.496 e. The Hall–Kier alpha value is -1.39. The van der Waals surface area contributed by atoms with Crippen molar-refractivity contribution in [1.82, 2.24) is 4.98 Å². The molecule has 0 saturated heterocycles. The van der Waals surface area contributed by atoms with Gasteiger partial charge in [-0.1, -0.05) is 0 Å². The van der Waals surface area contributed by atoms with Crippen LogP contribution >= 0.6 is 11.3 Å². The van der Waals surface area contributed by atoms with Gasteiger partial charge >= 0.3 is 0 Å². The molecule has 0 radical (unpaired) electrons. The van der Waals surface area contributed by atoms with E-state index in [9.17, 15) is 0 Å².